The standard InChI is InChI=1S/C46H74NO8P/c1-4-6-8-10-12-14-16-18-20-21-22-23-25-26-28-30-32-34-36-38-45(48)52-42-44(43-54-56(50,51)53-41-40-47-3)55-46(49)39-37-35-33-31-29-27-24-19-17-15-13-11-9-7-5-2/h6-9,12-15,18-20,22-24,26,28,32,34,44,47H,4-5,10-11,16-17,21,25,27,29-31,33,35-43H2,1-3H3,(H,50,51)/b8-6-,9-7-,14-12-,15-13-,20-18-,23-22-,24-19-,28-26-,34-32-. The third-order valence-corrected chi connectivity index (χ3v) is 8.89. The van der Waals surface area contributed by atoms with Crippen LogP contribution in [0.1, 0.15) is 129 Å². The smallest absolute Gasteiger partial charge is 0.462 e. The van der Waals surface area contributed by atoms with Gasteiger partial charge in [0.1, 0.15) is 6.61 Å². The highest BCUT2D eigenvalue weighted by Crippen LogP contribution is 2.43. The van der Waals surface area contributed by atoms with Crippen molar-refractivity contribution in [3.8, 4) is 0 Å². The number of likely N-dealkylation sites (N-methyl/N-ethyl adjacent to an activating group) is 1. The van der Waals surface area contributed by atoms with Crippen molar-refractivity contribution in [3.63, 3.8) is 0 Å². The molecular formula is C46H74NO8P. The number of unbranched alkanes of at least 4 members (excludes halogenated alkanes) is 5. The normalized spacial score (nSPS) is 14.4. The van der Waals surface area contributed by atoms with Gasteiger partial charge in [-0.15, -0.1) is 0 Å². The third-order valence-electron chi connectivity index (χ3n) is 7.90. The predicted molar refractivity (Wildman–Crippen MR) is 233 cm³/mol. The molecule has 0 aromatic carbocycles. The van der Waals surface area contributed by atoms with Gasteiger partial charge in [-0.2, -0.15) is 0 Å². The van der Waals surface area contributed by atoms with Gasteiger partial charge in [-0.1, -0.05) is 142 Å². The first kappa shape index (κ1) is 52.7. The maximum absolute atomic E-state index is 12.6. The Balaban J connectivity index is 4.42. The van der Waals surface area contributed by atoms with Crippen molar-refractivity contribution in [2.45, 2.75) is 136 Å². The van der Waals surface area contributed by atoms with Crippen molar-refractivity contribution >= 4 is 19.8 Å². The van der Waals surface area contributed by atoms with E-state index in [1.807, 2.05) is 12.2 Å². The highest BCUT2D eigenvalue weighted by atomic mass is 31.2. The van der Waals surface area contributed by atoms with E-state index in [0.717, 1.165) is 89.9 Å². The summed E-state index contributed by atoms with van der Waals surface area (Å²) in [6, 6.07) is 0. The molecule has 0 aliphatic heterocycles. The van der Waals surface area contributed by atoms with Gasteiger partial charge >= 0.3 is 19.8 Å². The minimum absolute atomic E-state index is 0.0385. The molecule has 0 rings (SSSR count). The lowest BCUT2D eigenvalue weighted by atomic mass is 10.1. The molecule has 2 atom stereocenters. The molecule has 0 fully saturated rings. The Bertz CT molecular complexity index is 1280. The van der Waals surface area contributed by atoms with Crippen LogP contribution in [0, 0.1) is 0 Å². The second-order valence-electron chi connectivity index (χ2n) is 13.1. The Morgan fingerprint density at radius 1 is 0.554 bits per heavy atom. The first-order valence-corrected chi connectivity index (χ1v) is 22.3. The van der Waals surface area contributed by atoms with Crippen LogP contribution in [0.4, 0.5) is 0 Å². The Labute approximate surface area is 340 Å². The lowest BCUT2D eigenvalue weighted by Crippen LogP contribution is -2.29. The second-order valence-corrected chi connectivity index (χ2v) is 14.5. The lowest BCUT2D eigenvalue weighted by molar-refractivity contribution is -0.161. The molecule has 2 N–H and O–H groups in total. The quantitative estimate of drug-likeness (QED) is 0.0274. The fraction of sp³-hybridized carbons (Fsp3) is 0.565. The van der Waals surface area contributed by atoms with Gasteiger partial charge in [0.2, 0.25) is 0 Å². The molecule has 0 aliphatic rings. The number of phosphoric acid groups is 1. The van der Waals surface area contributed by atoms with Crippen LogP contribution < -0.4 is 5.32 Å². The number of nitrogens with one attached hydrogen (secondary N) is 1. The van der Waals surface area contributed by atoms with E-state index < -0.39 is 32.5 Å². The van der Waals surface area contributed by atoms with Crippen LogP contribution in [-0.4, -0.2) is 56.3 Å². The third kappa shape index (κ3) is 40.3. The maximum Gasteiger partial charge on any atom is 0.472 e. The summed E-state index contributed by atoms with van der Waals surface area (Å²) in [5.41, 5.74) is 0. The van der Waals surface area contributed by atoms with Crippen LogP contribution in [-0.2, 0) is 32.7 Å². The minimum atomic E-state index is -4.38. The molecule has 316 valence electrons. The van der Waals surface area contributed by atoms with Gasteiger partial charge < -0.3 is 19.7 Å². The Morgan fingerprint density at radius 2 is 1.00 bits per heavy atom. The van der Waals surface area contributed by atoms with Crippen LogP contribution in [0.25, 0.3) is 0 Å². The number of carbonyl (C=O) groups excluding carboxylic acids is 2. The zero-order valence-corrected chi connectivity index (χ0v) is 35.7. The number of esters is 2. The van der Waals surface area contributed by atoms with Crippen molar-refractivity contribution in [1.82, 2.24) is 5.32 Å². The number of hydrogen-bond acceptors (Lipinski definition) is 8. The molecule has 0 saturated heterocycles. The van der Waals surface area contributed by atoms with E-state index in [1.165, 1.54) is 0 Å². The molecule has 0 aromatic rings. The summed E-state index contributed by atoms with van der Waals surface area (Å²) >= 11 is 0. The van der Waals surface area contributed by atoms with Crippen LogP contribution in [0.5, 0.6) is 0 Å². The van der Waals surface area contributed by atoms with Crippen molar-refractivity contribution in [2.75, 3.05) is 33.4 Å². The number of allylic oxidation sites excluding steroid dienone is 18. The highest BCUT2D eigenvalue weighted by Gasteiger charge is 2.26. The minimum Gasteiger partial charge on any atom is -0.462 e. The SMILES string of the molecule is CC/C=C\C/C=C\C/C=C\C/C=C\C/C=C\C/C=C\CCC(=O)OCC(COP(=O)(O)OCCNC)OC(=O)CCCCCCC/C=C\C/C=C\C/C=C\CC. The lowest BCUT2D eigenvalue weighted by Gasteiger charge is -2.20. The van der Waals surface area contributed by atoms with Gasteiger partial charge in [0.05, 0.1) is 13.2 Å². The summed E-state index contributed by atoms with van der Waals surface area (Å²) in [4.78, 5) is 35.0. The van der Waals surface area contributed by atoms with Crippen LogP contribution >= 0.6 is 7.82 Å². The van der Waals surface area contributed by atoms with E-state index in [-0.39, 0.29) is 26.1 Å². The Kier molecular flexibility index (Phi) is 38.9. The van der Waals surface area contributed by atoms with Crippen molar-refractivity contribution < 1.29 is 37.6 Å². The van der Waals surface area contributed by atoms with E-state index >= 15 is 0 Å². The molecule has 0 saturated carbocycles. The number of carbonyl (C=O) groups is 2. The maximum atomic E-state index is 12.6. The van der Waals surface area contributed by atoms with Gasteiger partial charge in [0.25, 0.3) is 0 Å². The van der Waals surface area contributed by atoms with Crippen LogP contribution in [0.15, 0.2) is 109 Å². The van der Waals surface area contributed by atoms with Gasteiger partial charge in [-0.3, -0.25) is 18.6 Å². The number of phosphoric ester groups is 1. The number of ether oxygens (including phenoxy) is 2. The zero-order chi connectivity index (χ0) is 41.1. The molecule has 10 heteroatoms. The fourth-order valence-electron chi connectivity index (χ4n) is 4.83. The van der Waals surface area contributed by atoms with Gasteiger partial charge in [-0.05, 0) is 90.5 Å². The summed E-state index contributed by atoms with van der Waals surface area (Å²) in [6.45, 7) is 3.85. The first-order chi connectivity index (χ1) is 27.3. The van der Waals surface area contributed by atoms with E-state index in [9.17, 15) is 19.0 Å². The molecule has 0 aliphatic carbocycles. The second kappa shape index (κ2) is 41.3. The average Bonchev–Trinajstić information content (AvgIpc) is 3.18. The molecule has 0 radical (unpaired) electrons. The summed E-state index contributed by atoms with van der Waals surface area (Å²) in [5, 5.41) is 2.81. The largest absolute Gasteiger partial charge is 0.472 e. The predicted octanol–water partition coefficient (Wildman–Crippen LogP) is 11.9. The molecular weight excluding hydrogens is 725 g/mol. The summed E-state index contributed by atoms with van der Waals surface area (Å²) in [6.07, 6.45) is 52.9. The molecule has 0 bridgehead atoms. The van der Waals surface area contributed by atoms with E-state index in [1.54, 1.807) is 7.05 Å². The summed E-state index contributed by atoms with van der Waals surface area (Å²) in [5.74, 6) is -0.938. The van der Waals surface area contributed by atoms with Crippen molar-refractivity contribution in [2.24, 2.45) is 0 Å². The molecule has 0 aromatic heterocycles. The highest BCUT2D eigenvalue weighted by molar-refractivity contribution is 7.47. The topological polar surface area (TPSA) is 120 Å². The van der Waals surface area contributed by atoms with Crippen LogP contribution in [0.2, 0.25) is 0 Å². The Morgan fingerprint density at radius 3 is 1.50 bits per heavy atom. The summed E-state index contributed by atoms with van der Waals surface area (Å²) < 4.78 is 33.0. The molecule has 0 heterocycles. The van der Waals surface area contributed by atoms with E-state index in [2.05, 4.69) is 116 Å². The summed E-state index contributed by atoms with van der Waals surface area (Å²) in [7, 11) is -2.69. The van der Waals surface area contributed by atoms with Crippen molar-refractivity contribution in [3.05, 3.63) is 109 Å². The zero-order valence-electron chi connectivity index (χ0n) is 34.8. The van der Waals surface area contributed by atoms with Crippen molar-refractivity contribution in [1.29, 1.82) is 0 Å². The van der Waals surface area contributed by atoms with Gasteiger partial charge in [0, 0.05) is 19.4 Å². The Hall–Kier alpha value is -3.33. The average molecular weight is 800 g/mol. The van der Waals surface area contributed by atoms with E-state index in [0.29, 0.717) is 19.4 Å². The molecule has 0 amide bonds. The first-order valence-electron chi connectivity index (χ1n) is 20.8. The van der Waals surface area contributed by atoms with Crippen LogP contribution in [0.3, 0.4) is 0 Å². The van der Waals surface area contributed by atoms with E-state index in [4.69, 9.17) is 18.5 Å². The molecule has 0 spiro atoms. The molecule has 9 nitrogen and oxygen atoms in total. The monoisotopic (exact) mass is 800 g/mol. The number of rotatable bonds is 37. The molecule has 56 heavy (non-hydrogen) atoms. The fourth-order valence-corrected chi connectivity index (χ4v) is 5.58. The number of hydrogen-bond donors (Lipinski definition) is 2. The van der Waals surface area contributed by atoms with Gasteiger partial charge in [0.15, 0.2) is 6.10 Å². The molecule has 2 unspecified atom stereocenters. The van der Waals surface area contributed by atoms with Gasteiger partial charge in [-0.25, -0.2) is 4.57 Å².